The van der Waals surface area contributed by atoms with Gasteiger partial charge in [0, 0.05) is 6.54 Å². The maximum absolute atomic E-state index is 9.87. The Morgan fingerprint density at radius 2 is 2.30 bits per heavy atom. The van der Waals surface area contributed by atoms with Crippen LogP contribution in [0, 0.1) is 0 Å². The predicted octanol–water partition coefficient (Wildman–Crippen LogP) is 1.39. The summed E-state index contributed by atoms with van der Waals surface area (Å²) in [6, 6.07) is 0. The van der Waals surface area contributed by atoms with Gasteiger partial charge in [0.05, 0.1) is 0 Å². The summed E-state index contributed by atoms with van der Waals surface area (Å²) in [5.41, 5.74) is 0. The average Bonchev–Trinajstić information content (AvgIpc) is 1.87. The summed E-state index contributed by atoms with van der Waals surface area (Å²) >= 11 is 0. The normalized spacial score (nSPS) is 10.9. The minimum absolute atomic E-state index is 0.361. The Kier molecular flexibility index (Phi) is 5.14. The topological polar surface area (TPSA) is 49.3 Å². The Morgan fingerprint density at radius 3 is 2.80 bits per heavy atom. The fraction of sp³-hybridized carbons (Fsp3) is 0.286. The Morgan fingerprint density at radius 1 is 1.60 bits per heavy atom. The van der Waals surface area contributed by atoms with Crippen LogP contribution in [0.5, 0.6) is 0 Å². The summed E-state index contributed by atoms with van der Waals surface area (Å²) < 4.78 is 0. The van der Waals surface area contributed by atoms with Crippen molar-refractivity contribution in [1.82, 2.24) is 5.32 Å². The molecule has 0 radical (unpaired) electrons. The summed E-state index contributed by atoms with van der Waals surface area (Å²) in [5.74, 6) is 0. The number of allylic oxidation sites excluding steroid dienone is 3. The van der Waals surface area contributed by atoms with Gasteiger partial charge in [-0.2, -0.15) is 0 Å². The first kappa shape index (κ1) is 8.75. The van der Waals surface area contributed by atoms with Gasteiger partial charge in [-0.3, -0.25) is 0 Å². The third-order valence-corrected chi connectivity index (χ3v) is 0.811. The monoisotopic (exact) mass is 141 g/mol. The van der Waals surface area contributed by atoms with Crippen molar-refractivity contribution in [2.45, 2.75) is 6.92 Å². The van der Waals surface area contributed by atoms with Gasteiger partial charge >= 0.3 is 6.09 Å². The molecule has 0 unspecified atom stereocenters. The zero-order chi connectivity index (χ0) is 7.82. The number of hydrogen-bond donors (Lipinski definition) is 2. The number of carbonyl (C=O) groups is 1. The van der Waals surface area contributed by atoms with Gasteiger partial charge in [0.2, 0.25) is 0 Å². The molecule has 0 heterocycles. The first-order chi connectivity index (χ1) is 4.77. The van der Waals surface area contributed by atoms with E-state index >= 15 is 0 Å². The molecule has 3 heteroatoms. The molecule has 0 spiro atoms. The van der Waals surface area contributed by atoms with Crippen LogP contribution in [0.15, 0.2) is 24.3 Å². The van der Waals surface area contributed by atoms with E-state index in [0.717, 1.165) is 0 Å². The summed E-state index contributed by atoms with van der Waals surface area (Å²) in [6.07, 6.45) is 6.23. The minimum atomic E-state index is -0.995. The van der Waals surface area contributed by atoms with Crippen LogP contribution in [-0.4, -0.2) is 17.7 Å². The molecule has 0 aromatic carbocycles. The van der Waals surface area contributed by atoms with Crippen molar-refractivity contribution in [3.05, 3.63) is 24.3 Å². The Labute approximate surface area is 60.1 Å². The molecule has 3 nitrogen and oxygen atoms in total. The van der Waals surface area contributed by atoms with Gasteiger partial charge in [-0.15, -0.1) is 0 Å². The molecule has 0 saturated heterocycles. The van der Waals surface area contributed by atoms with Crippen LogP contribution >= 0.6 is 0 Å². The Hall–Kier alpha value is -1.25. The highest BCUT2D eigenvalue weighted by atomic mass is 16.4. The molecule has 0 fully saturated rings. The minimum Gasteiger partial charge on any atom is -0.465 e. The fourth-order valence-electron chi connectivity index (χ4n) is 0.404. The summed E-state index contributed by atoms with van der Waals surface area (Å²) in [6.45, 7) is 2.26. The van der Waals surface area contributed by atoms with Gasteiger partial charge < -0.3 is 10.4 Å². The quantitative estimate of drug-likeness (QED) is 0.583. The summed E-state index contributed by atoms with van der Waals surface area (Å²) in [5, 5.41) is 10.3. The van der Waals surface area contributed by atoms with E-state index in [1.165, 1.54) is 0 Å². The second-order valence-corrected chi connectivity index (χ2v) is 1.64. The third kappa shape index (κ3) is 6.75. The van der Waals surface area contributed by atoms with Crippen molar-refractivity contribution >= 4 is 6.09 Å². The van der Waals surface area contributed by atoms with Crippen molar-refractivity contribution in [1.29, 1.82) is 0 Å². The number of hydrogen-bond acceptors (Lipinski definition) is 1. The molecule has 10 heavy (non-hydrogen) atoms. The largest absolute Gasteiger partial charge is 0.465 e. The lowest BCUT2D eigenvalue weighted by Crippen LogP contribution is -2.20. The number of amides is 1. The van der Waals surface area contributed by atoms with Crippen LogP contribution in [0.3, 0.4) is 0 Å². The van der Waals surface area contributed by atoms with Gasteiger partial charge in [0.25, 0.3) is 0 Å². The second kappa shape index (κ2) is 5.88. The molecule has 0 atom stereocenters. The molecule has 0 aromatic rings. The molecule has 56 valence electrons. The van der Waals surface area contributed by atoms with Crippen LogP contribution in [0.1, 0.15) is 6.92 Å². The molecule has 1 amide bonds. The van der Waals surface area contributed by atoms with Crippen LogP contribution in [-0.2, 0) is 0 Å². The zero-order valence-electron chi connectivity index (χ0n) is 5.87. The molecule has 0 rings (SSSR count). The first-order valence-corrected chi connectivity index (χ1v) is 3.02. The van der Waals surface area contributed by atoms with Crippen LogP contribution in [0.4, 0.5) is 4.79 Å². The van der Waals surface area contributed by atoms with Gasteiger partial charge in [0.15, 0.2) is 0 Å². The summed E-state index contributed by atoms with van der Waals surface area (Å²) in [4.78, 5) is 9.87. The Bertz CT molecular complexity index is 150. The van der Waals surface area contributed by atoms with Gasteiger partial charge in [-0.1, -0.05) is 24.3 Å². The molecule has 0 aliphatic rings. The van der Waals surface area contributed by atoms with Crippen molar-refractivity contribution in [2.24, 2.45) is 0 Å². The molecule has 0 aliphatic heterocycles. The first-order valence-electron chi connectivity index (χ1n) is 3.02. The van der Waals surface area contributed by atoms with Crippen molar-refractivity contribution in [3.63, 3.8) is 0 Å². The van der Waals surface area contributed by atoms with Crippen LogP contribution in [0.25, 0.3) is 0 Å². The SMILES string of the molecule is C/C=C/C=C/CNC(=O)O. The molecule has 0 aromatic heterocycles. The number of rotatable bonds is 3. The van der Waals surface area contributed by atoms with Gasteiger partial charge in [0.1, 0.15) is 0 Å². The molecule has 0 saturated carbocycles. The zero-order valence-corrected chi connectivity index (χ0v) is 5.87. The van der Waals surface area contributed by atoms with E-state index in [9.17, 15) is 4.79 Å². The lowest BCUT2D eigenvalue weighted by atomic mass is 10.4. The predicted molar refractivity (Wildman–Crippen MR) is 40.0 cm³/mol. The van der Waals surface area contributed by atoms with E-state index in [0.29, 0.717) is 6.54 Å². The third-order valence-electron chi connectivity index (χ3n) is 0.811. The van der Waals surface area contributed by atoms with E-state index in [1.54, 1.807) is 12.2 Å². The van der Waals surface area contributed by atoms with E-state index in [1.807, 2.05) is 19.1 Å². The van der Waals surface area contributed by atoms with Crippen LogP contribution in [0.2, 0.25) is 0 Å². The Balaban J connectivity index is 3.27. The van der Waals surface area contributed by atoms with E-state index < -0.39 is 6.09 Å². The number of nitrogens with one attached hydrogen (secondary N) is 1. The van der Waals surface area contributed by atoms with Crippen molar-refractivity contribution < 1.29 is 9.90 Å². The van der Waals surface area contributed by atoms with Gasteiger partial charge in [-0.25, -0.2) is 4.79 Å². The van der Waals surface area contributed by atoms with Gasteiger partial charge in [-0.05, 0) is 6.92 Å². The van der Waals surface area contributed by atoms with E-state index in [4.69, 9.17) is 5.11 Å². The fourth-order valence-corrected chi connectivity index (χ4v) is 0.404. The van der Waals surface area contributed by atoms with E-state index in [-0.39, 0.29) is 0 Å². The maximum atomic E-state index is 9.87. The second-order valence-electron chi connectivity index (χ2n) is 1.64. The molecule has 2 N–H and O–H groups in total. The number of carboxylic acid groups (broad SMARTS) is 1. The molecule has 0 bridgehead atoms. The van der Waals surface area contributed by atoms with Crippen LogP contribution < -0.4 is 5.32 Å². The van der Waals surface area contributed by atoms with E-state index in [2.05, 4.69) is 5.32 Å². The lowest BCUT2D eigenvalue weighted by Gasteiger charge is -1.90. The molecule has 0 aliphatic carbocycles. The van der Waals surface area contributed by atoms with Crippen molar-refractivity contribution in [2.75, 3.05) is 6.54 Å². The highest BCUT2D eigenvalue weighted by molar-refractivity contribution is 5.64. The lowest BCUT2D eigenvalue weighted by molar-refractivity contribution is 0.195. The maximum Gasteiger partial charge on any atom is 0.404 e. The van der Waals surface area contributed by atoms with Crippen molar-refractivity contribution in [3.8, 4) is 0 Å². The molecular formula is C7H11NO2. The summed E-state index contributed by atoms with van der Waals surface area (Å²) in [7, 11) is 0. The molecular weight excluding hydrogens is 130 g/mol. The highest BCUT2D eigenvalue weighted by Gasteiger charge is 1.85. The smallest absolute Gasteiger partial charge is 0.404 e. The standard InChI is InChI=1S/C7H11NO2/c1-2-3-4-5-6-8-7(9)10/h2-5,8H,6H2,1H3,(H,9,10)/b3-2+,5-4+. The average molecular weight is 141 g/mol. The highest BCUT2D eigenvalue weighted by Crippen LogP contribution is 1.74.